The number of halogens is 1. The van der Waals surface area contributed by atoms with E-state index in [-0.39, 0.29) is 16.2 Å². The lowest BCUT2D eigenvalue weighted by Crippen LogP contribution is -2.26. The Morgan fingerprint density at radius 1 is 1.13 bits per heavy atom. The highest BCUT2D eigenvalue weighted by molar-refractivity contribution is 7.93. The highest BCUT2D eigenvalue weighted by Crippen LogP contribution is 2.32. The standard InChI is InChI=1S/C16H13ClN2O3S/c1-19(12-5-2-4-11(17)10-12)23(21,22)15-8-7-14(20)16-13(15)6-3-9-18-16/h2-10,20H,1H3. The fraction of sp³-hybridized carbons (Fsp3) is 0.0625. The molecule has 7 heteroatoms. The first-order valence-corrected chi connectivity index (χ1v) is 8.54. The molecule has 0 aliphatic rings. The van der Waals surface area contributed by atoms with E-state index in [4.69, 9.17) is 11.6 Å². The quantitative estimate of drug-likeness (QED) is 0.787. The number of phenolic OH excluding ortho intramolecular Hbond substituents is 1. The minimum atomic E-state index is -3.83. The van der Waals surface area contributed by atoms with Crippen LogP contribution in [0.1, 0.15) is 0 Å². The van der Waals surface area contributed by atoms with Crippen molar-refractivity contribution in [2.45, 2.75) is 4.90 Å². The summed E-state index contributed by atoms with van der Waals surface area (Å²) in [6, 6.07) is 12.5. The molecule has 0 spiro atoms. The molecule has 1 aromatic heterocycles. The molecular weight excluding hydrogens is 336 g/mol. The second-order valence-corrected chi connectivity index (χ2v) is 7.31. The first kappa shape index (κ1) is 15.6. The number of phenols is 1. The Balaban J connectivity index is 2.19. The van der Waals surface area contributed by atoms with Gasteiger partial charge in [0.1, 0.15) is 11.3 Å². The first-order chi connectivity index (χ1) is 10.9. The van der Waals surface area contributed by atoms with Crippen LogP contribution in [0.15, 0.2) is 59.6 Å². The van der Waals surface area contributed by atoms with Crippen molar-refractivity contribution in [2.24, 2.45) is 0 Å². The molecule has 2 aromatic carbocycles. The molecule has 23 heavy (non-hydrogen) atoms. The summed E-state index contributed by atoms with van der Waals surface area (Å²) in [5, 5.41) is 10.7. The summed E-state index contributed by atoms with van der Waals surface area (Å²) in [7, 11) is -2.37. The van der Waals surface area contributed by atoms with Crippen molar-refractivity contribution in [2.75, 3.05) is 11.4 Å². The summed E-state index contributed by atoms with van der Waals surface area (Å²) >= 11 is 5.94. The van der Waals surface area contributed by atoms with Crippen LogP contribution in [-0.2, 0) is 10.0 Å². The zero-order valence-corrected chi connectivity index (χ0v) is 13.7. The maximum Gasteiger partial charge on any atom is 0.264 e. The number of fused-ring (bicyclic) bond motifs is 1. The van der Waals surface area contributed by atoms with E-state index >= 15 is 0 Å². The van der Waals surface area contributed by atoms with Gasteiger partial charge in [-0.15, -0.1) is 0 Å². The van der Waals surface area contributed by atoms with Crippen LogP contribution in [0, 0.1) is 0 Å². The number of sulfonamides is 1. The zero-order chi connectivity index (χ0) is 16.6. The molecule has 118 valence electrons. The molecule has 3 rings (SSSR count). The molecule has 5 nitrogen and oxygen atoms in total. The third-order valence-electron chi connectivity index (χ3n) is 3.52. The molecule has 1 heterocycles. The Labute approximate surface area is 138 Å². The van der Waals surface area contributed by atoms with Gasteiger partial charge < -0.3 is 5.11 Å². The average Bonchev–Trinajstić information content (AvgIpc) is 2.54. The average molecular weight is 349 g/mol. The van der Waals surface area contributed by atoms with Gasteiger partial charge in [-0.05, 0) is 42.5 Å². The highest BCUT2D eigenvalue weighted by Gasteiger charge is 2.24. The van der Waals surface area contributed by atoms with Gasteiger partial charge >= 0.3 is 0 Å². The van der Waals surface area contributed by atoms with E-state index in [2.05, 4.69) is 4.98 Å². The normalized spacial score (nSPS) is 11.6. The number of pyridine rings is 1. The Kier molecular flexibility index (Phi) is 3.87. The Morgan fingerprint density at radius 3 is 2.65 bits per heavy atom. The highest BCUT2D eigenvalue weighted by atomic mass is 35.5. The SMILES string of the molecule is CN(c1cccc(Cl)c1)S(=O)(=O)c1ccc(O)c2ncccc12. The van der Waals surface area contributed by atoms with Crippen molar-refractivity contribution in [3.05, 3.63) is 59.8 Å². The molecule has 0 bridgehead atoms. The van der Waals surface area contributed by atoms with E-state index in [0.29, 0.717) is 16.1 Å². The van der Waals surface area contributed by atoms with Crippen LogP contribution >= 0.6 is 11.6 Å². The van der Waals surface area contributed by atoms with Crippen molar-refractivity contribution in [3.8, 4) is 5.75 Å². The zero-order valence-electron chi connectivity index (χ0n) is 12.1. The van der Waals surface area contributed by atoms with Crippen LogP contribution in [0.3, 0.4) is 0 Å². The van der Waals surface area contributed by atoms with Crippen molar-refractivity contribution >= 4 is 38.2 Å². The molecular formula is C16H13ClN2O3S. The number of anilines is 1. The number of aromatic nitrogens is 1. The fourth-order valence-corrected chi connectivity index (χ4v) is 3.87. The van der Waals surface area contributed by atoms with Crippen molar-refractivity contribution in [1.82, 2.24) is 4.98 Å². The van der Waals surface area contributed by atoms with Crippen LogP contribution in [-0.4, -0.2) is 25.6 Å². The second-order valence-electron chi connectivity index (χ2n) is 4.93. The largest absolute Gasteiger partial charge is 0.506 e. The molecule has 0 amide bonds. The van der Waals surface area contributed by atoms with Gasteiger partial charge in [0.05, 0.1) is 10.6 Å². The van der Waals surface area contributed by atoms with Gasteiger partial charge in [0.2, 0.25) is 0 Å². The molecule has 0 radical (unpaired) electrons. The molecule has 0 saturated carbocycles. The third-order valence-corrected chi connectivity index (χ3v) is 5.60. The smallest absolute Gasteiger partial charge is 0.264 e. The minimum absolute atomic E-state index is 0.0649. The number of aromatic hydroxyl groups is 1. The number of hydrogen-bond donors (Lipinski definition) is 1. The maximum absolute atomic E-state index is 12.9. The van der Waals surface area contributed by atoms with E-state index in [1.807, 2.05) is 0 Å². The van der Waals surface area contributed by atoms with E-state index in [1.54, 1.807) is 36.4 Å². The van der Waals surface area contributed by atoms with Crippen LogP contribution in [0.2, 0.25) is 5.02 Å². The van der Waals surface area contributed by atoms with Gasteiger partial charge in [-0.1, -0.05) is 17.7 Å². The van der Waals surface area contributed by atoms with Gasteiger partial charge in [0, 0.05) is 23.7 Å². The molecule has 0 atom stereocenters. The molecule has 0 fully saturated rings. The number of benzene rings is 2. The summed E-state index contributed by atoms with van der Waals surface area (Å²) in [5.74, 6) is -0.0649. The Hall–Kier alpha value is -2.31. The molecule has 0 aliphatic heterocycles. The van der Waals surface area contributed by atoms with Crippen LogP contribution in [0.25, 0.3) is 10.9 Å². The van der Waals surface area contributed by atoms with Gasteiger partial charge in [0.15, 0.2) is 0 Å². The third kappa shape index (κ3) is 2.71. The van der Waals surface area contributed by atoms with Crippen LogP contribution in [0.5, 0.6) is 5.75 Å². The van der Waals surface area contributed by atoms with E-state index < -0.39 is 10.0 Å². The monoisotopic (exact) mass is 348 g/mol. The van der Waals surface area contributed by atoms with E-state index in [1.165, 1.54) is 25.4 Å². The Morgan fingerprint density at radius 2 is 1.91 bits per heavy atom. The second kappa shape index (κ2) is 5.72. The molecule has 0 unspecified atom stereocenters. The van der Waals surface area contributed by atoms with Gasteiger partial charge in [0.25, 0.3) is 10.0 Å². The summed E-state index contributed by atoms with van der Waals surface area (Å²) in [6.07, 6.45) is 1.50. The fourth-order valence-electron chi connectivity index (χ4n) is 2.31. The lowest BCUT2D eigenvalue weighted by Gasteiger charge is -2.20. The van der Waals surface area contributed by atoms with E-state index in [9.17, 15) is 13.5 Å². The summed E-state index contributed by atoms with van der Waals surface area (Å²) in [6.45, 7) is 0. The van der Waals surface area contributed by atoms with Crippen molar-refractivity contribution in [1.29, 1.82) is 0 Å². The number of nitrogens with zero attached hydrogens (tertiary/aromatic N) is 2. The van der Waals surface area contributed by atoms with Crippen LogP contribution in [0.4, 0.5) is 5.69 Å². The van der Waals surface area contributed by atoms with Gasteiger partial charge in [-0.3, -0.25) is 9.29 Å². The lowest BCUT2D eigenvalue weighted by molar-refractivity contribution is 0.480. The predicted molar refractivity (Wildman–Crippen MR) is 90.4 cm³/mol. The van der Waals surface area contributed by atoms with Crippen LogP contribution < -0.4 is 4.31 Å². The maximum atomic E-state index is 12.9. The first-order valence-electron chi connectivity index (χ1n) is 6.72. The van der Waals surface area contributed by atoms with E-state index in [0.717, 1.165) is 4.31 Å². The summed E-state index contributed by atoms with van der Waals surface area (Å²) in [5.41, 5.74) is 0.690. The Bertz CT molecular complexity index is 990. The topological polar surface area (TPSA) is 70.5 Å². The van der Waals surface area contributed by atoms with Gasteiger partial charge in [-0.2, -0.15) is 0 Å². The summed E-state index contributed by atoms with van der Waals surface area (Å²) in [4.78, 5) is 4.12. The van der Waals surface area contributed by atoms with Crippen molar-refractivity contribution in [3.63, 3.8) is 0 Å². The molecule has 0 aliphatic carbocycles. The number of rotatable bonds is 3. The van der Waals surface area contributed by atoms with Gasteiger partial charge in [-0.25, -0.2) is 8.42 Å². The molecule has 3 aromatic rings. The van der Waals surface area contributed by atoms with Crippen molar-refractivity contribution < 1.29 is 13.5 Å². The minimum Gasteiger partial charge on any atom is -0.506 e. The number of hydrogen-bond acceptors (Lipinski definition) is 4. The predicted octanol–water partition coefficient (Wildman–Crippen LogP) is 3.42. The molecule has 0 saturated heterocycles. The summed E-state index contributed by atoms with van der Waals surface area (Å²) < 4.78 is 27.0. The molecule has 1 N–H and O–H groups in total. The lowest BCUT2D eigenvalue weighted by atomic mass is 10.2.